The second-order valence-corrected chi connectivity index (χ2v) is 2.00. The van der Waals surface area contributed by atoms with E-state index >= 15 is 0 Å². The van der Waals surface area contributed by atoms with Crippen molar-refractivity contribution in [2.75, 3.05) is 0 Å². The minimum absolute atomic E-state index is 0.220. The average Bonchev–Trinajstić information content (AvgIpc) is 2.11. The molecule has 10 heavy (non-hydrogen) atoms. The molecule has 1 rings (SSSR count). The number of rotatable bonds is 0. The molecule has 1 aliphatic heterocycles. The van der Waals surface area contributed by atoms with Gasteiger partial charge in [0.15, 0.2) is 0 Å². The van der Waals surface area contributed by atoms with E-state index in [-0.39, 0.29) is 5.11 Å². The Balaban J connectivity index is 2.63. The summed E-state index contributed by atoms with van der Waals surface area (Å²) >= 11 is 4.29. The molecule has 0 bridgehead atoms. The van der Waals surface area contributed by atoms with Gasteiger partial charge in [-0.1, -0.05) is 0 Å². The van der Waals surface area contributed by atoms with Crippen molar-refractivity contribution < 1.29 is 13.2 Å². The Morgan fingerprint density at radius 3 is 2.30 bits per heavy atom. The lowest BCUT2D eigenvalue weighted by molar-refractivity contribution is -0.149. The highest BCUT2D eigenvalue weighted by Gasteiger charge is 2.42. The highest BCUT2D eigenvalue weighted by molar-refractivity contribution is 7.80. The summed E-state index contributed by atoms with van der Waals surface area (Å²) in [7, 11) is 0. The molecule has 56 valence electrons. The highest BCUT2D eigenvalue weighted by atomic mass is 32.1. The zero-order valence-corrected chi connectivity index (χ0v) is 5.33. The van der Waals surface area contributed by atoms with Gasteiger partial charge < -0.3 is 5.32 Å². The Bertz CT molecular complexity index is 186. The number of nitrogens with one attached hydrogen (secondary N) is 1. The van der Waals surface area contributed by atoms with E-state index in [1.54, 1.807) is 0 Å². The topological polar surface area (TPSA) is 36.8 Å². The highest BCUT2D eigenvalue weighted by Crippen LogP contribution is 2.23. The van der Waals surface area contributed by atoms with Gasteiger partial charge in [0.25, 0.3) is 0 Å². The summed E-state index contributed by atoms with van der Waals surface area (Å²) in [6, 6.07) is 0. The van der Waals surface area contributed by atoms with E-state index in [0.29, 0.717) is 0 Å². The fourth-order valence-corrected chi connectivity index (χ4v) is 0.591. The SMILES string of the molecule is FC(F)(F)C1N=NC(=S)N1. The minimum atomic E-state index is -4.40. The van der Waals surface area contributed by atoms with Crippen LogP contribution >= 0.6 is 12.2 Å². The Kier molecular flexibility index (Phi) is 1.59. The molecule has 7 heteroatoms. The number of hydrogen-bond donors (Lipinski definition) is 1. The number of alkyl halides is 3. The van der Waals surface area contributed by atoms with Gasteiger partial charge in [-0.3, -0.25) is 0 Å². The zero-order valence-electron chi connectivity index (χ0n) is 4.51. The van der Waals surface area contributed by atoms with Gasteiger partial charge in [-0.05, 0) is 12.2 Å². The summed E-state index contributed by atoms with van der Waals surface area (Å²) in [5.74, 6) is 0. The molecule has 0 aromatic heterocycles. The number of nitrogens with zero attached hydrogens (tertiary/aromatic N) is 2. The largest absolute Gasteiger partial charge is 0.431 e. The van der Waals surface area contributed by atoms with Gasteiger partial charge in [-0.25, -0.2) is 0 Å². The number of azo groups is 1. The fourth-order valence-electron chi connectivity index (χ4n) is 0.432. The van der Waals surface area contributed by atoms with Crippen molar-refractivity contribution in [1.82, 2.24) is 5.32 Å². The lowest BCUT2D eigenvalue weighted by Gasteiger charge is -2.09. The third-order valence-corrected chi connectivity index (χ3v) is 1.03. The van der Waals surface area contributed by atoms with Gasteiger partial charge in [0.2, 0.25) is 11.3 Å². The molecule has 0 aromatic carbocycles. The number of thiocarbonyl (C=S) groups is 1. The smallest absolute Gasteiger partial charge is 0.329 e. The molecule has 1 unspecified atom stereocenters. The van der Waals surface area contributed by atoms with Crippen LogP contribution in [0.3, 0.4) is 0 Å². The van der Waals surface area contributed by atoms with Gasteiger partial charge in [-0.2, -0.15) is 18.3 Å². The molecular weight excluding hydrogens is 167 g/mol. The predicted octanol–water partition coefficient (Wildman–Crippen LogP) is 1.22. The van der Waals surface area contributed by atoms with Crippen LogP contribution in [0.25, 0.3) is 0 Å². The van der Waals surface area contributed by atoms with E-state index in [1.165, 1.54) is 0 Å². The summed E-state index contributed by atoms with van der Waals surface area (Å²) in [6.07, 6.45) is -6.34. The first-order valence-corrected chi connectivity index (χ1v) is 2.69. The Morgan fingerprint density at radius 2 is 2.10 bits per heavy atom. The number of halogens is 3. The van der Waals surface area contributed by atoms with Gasteiger partial charge in [0.05, 0.1) is 0 Å². The van der Waals surface area contributed by atoms with Crippen LogP contribution in [0.15, 0.2) is 10.2 Å². The lowest BCUT2D eigenvalue weighted by atomic mass is 10.5. The normalized spacial score (nSPS) is 25.1. The van der Waals surface area contributed by atoms with Crippen molar-refractivity contribution in [2.45, 2.75) is 12.3 Å². The van der Waals surface area contributed by atoms with Crippen molar-refractivity contribution in [3.63, 3.8) is 0 Å². The van der Waals surface area contributed by atoms with Crippen molar-refractivity contribution in [2.24, 2.45) is 10.2 Å². The Morgan fingerprint density at radius 1 is 1.50 bits per heavy atom. The second-order valence-electron chi connectivity index (χ2n) is 1.61. The van der Waals surface area contributed by atoms with E-state index in [0.717, 1.165) is 0 Å². The van der Waals surface area contributed by atoms with Crippen LogP contribution in [0.4, 0.5) is 13.2 Å². The van der Waals surface area contributed by atoms with Crippen LogP contribution in [-0.2, 0) is 0 Å². The maximum absolute atomic E-state index is 11.7. The minimum Gasteiger partial charge on any atom is -0.329 e. The van der Waals surface area contributed by atoms with Crippen LogP contribution in [0.1, 0.15) is 0 Å². The van der Waals surface area contributed by atoms with Crippen molar-refractivity contribution >= 4 is 17.3 Å². The molecule has 0 aliphatic carbocycles. The van der Waals surface area contributed by atoms with Crippen LogP contribution < -0.4 is 5.32 Å². The van der Waals surface area contributed by atoms with E-state index in [1.807, 2.05) is 5.32 Å². The maximum atomic E-state index is 11.7. The van der Waals surface area contributed by atoms with Crippen LogP contribution in [0, 0.1) is 0 Å². The fraction of sp³-hybridized carbons (Fsp3) is 0.667. The molecule has 1 atom stereocenters. The third-order valence-electron chi connectivity index (χ3n) is 0.834. The molecule has 0 fully saturated rings. The number of hydrogen-bond acceptors (Lipinski definition) is 2. The summed E-state index contributed by atoms with van der Waals surface area (Å²) in [4.78, 5) is 0. The summed E-state index contributed by atoms with van der Waals surface area (Å²) < 4.78 is 35.0. The molecule has 0 saturated carbocycles. The maximum Gasteiger partial charge on any atom is 0.431 e. The van der Waals surface area contributed by atoms with Gasteiger partial charge in [0.1, 0.15) is 0 Å². The standard InChI is InChI=1S/C3H2F3N3S/c4-3(5,6)1-7-2(10)9-8-1/h1H,(H,7,10). The summed E-state index contributed by atoms with van der Waals surface area (Å²) in [5.41, 5.74) is 0. The van der Waals surface area contributed by atoms with E-state index in [2.05, 4.69) is 22.4 Å². The molecule has 1 heterocycles. The molecule has 1 aliphatic rings. The van der Waals surface area contributed by atoms with Crippen molar-refractivity contribution in [3.8, 4) is 0 Å². The first-order chi connectivity index (χ1) is 4.50. The van der Waals surface area contributed by atoms with Gasteiger partial charge >= 0.3 is 6.18 Å². The third kappa shape index (κ3) is 1.41. The molecule has 3 nitrogen and oxygen atoms in total. The molecule has 0 saturated heterocycles. The molecule has 0 spiro atoms. The predicted molar refractivity (Wildman–Crippen MR) is 30.4 cm³/mol. The summed E-state index contributed by atoms with van der Waals surface area (Å²) in [5, 5.41) is 7.49. The van der Waals surface area contributed by atoms with E-state index < -0.39 is 12.3 Å². The first kappa shape index (κ1) is 7.39. The second kappa shape index (κ2) is 2.15. The van der Waals surface area contributed by atoms with Crippen LogP contribution in [0.5, 0.6) is 0 Å². The average molecular weight is 169 g/mol. The van der Waals surface area contributed by atoms with Gasteiger partial charge in [0, 0.05) is 0 Å². The van der Waals surface area contributed by atoms with Crippen molar-refractivity contribution in [3.05, 3.63) is 0 Å². The lowest BCUT2D eigenvalue weighted by Crippen LogP contribution is -2.38. The zero-order chi connectivity index (χ0) is 7.78. The molecule has 0 aromatic rings. The van der Waals surface area contributed by atoms with Crippen LogP contribution in [-0.4, -0.2) is 17.5 Å². The molecule has 0 radical (unpaired) electrons. The summed E-state index contributed by atoms with van der Waals surface area (Å²) in [6.45, 7) is 0. The molecular formula is C3H2F3N3S. The Labute approximate surface area is 59.3 Å². The van der Waals surface area contributed by atoms with Gasteiger partial charge in [-0.15, -0.1) is 5.11 Å². The Hall–Kier alpha value is -0.720. The van der Waals surface area contributed by atoms with Crippen molar-refractivity contribution in [1.29, 1.82) is 0 Å². The molecule has 0 amide bonds. The quantitative estimate of drug-likeness (QED) is 0.553. The monoisotopic (exact) mass is 169 g/mol. The van der Waals surface area contributed by atoms with E-state index in [9.17, 15) is 13.2 Å². The first-order valence-electron chi connectivity index (χ1n) is 2.28. The van der Waals surface area contributed by atoms with Crippen LogP contribution in [0.2, 0.25) is 0 Å². The molecule has 1 N–H and O–H groups in total. The van der Waals surface area contributed by atoms with E-state index in [4.69, 9.17) is 0 Å².